The highest BCUT2D eigenvalue weighted by molar-refractivity contribution is 5.87. The highest BCUT2D eigenvalue weighted by atomic mass is 16.3. The summed E-state index contributed by atoms with van der Waals surface area (Å²) in [6, 6.07) is 8.58. The summed E-state index contributed by atoms with van der Waals surface area (Å²) in [6.07, 6.45) is 7.15. The molecule has 2 amide bonds. The Kier molecular flexibility index (Phi) is 4.47. The fraction of sp³-hybridized carbons (Fsp3) is 0.560. The van der Waals surface area contributed by atoms with Crippen molar-refractivity contribution in [1.29, 1.82) is 0 Å². The van der Waals surface area contributed by atoms with Crippen molar-refractivity contribution in [3.05, 3.63) is 42.4 Å². The van der Waals surface area contributed by atoms with Crippen molar-refractivity contribution in [3.8, 4) is 11.3 Å². The van der Waals surface area contributed by atoms with Gasteiger partial charge in [-0.2, -0.15) is 0 Å². The number of amides is 2. The molecule has 1 spiro atoms. The van der Waals surface area contributed by atoms with Gasteiger partial charge < -0.3 is 19.5 Å². The maximum Gasteiger partial charge on any atom is 0.226 e. The molecule has 1 saturated carbocycles. The third kappa shape index (κ3) is 2.80. The summed E-state index contributed by atoms with van der Waals surface area (Å²) in [5.41, 5.74) is 3.54. The number of aliphatic hydroxyl groups excluding tert-OH is 1. The zero-order chi connectivity index (χ0) is 22.0. The van der Waals surface area contributed by atoms with Crippen LogP contribution < -0.4 is 0 Å². The molecule has 0 radical (unpaired) electrons. The van der Waals surface area contributed by atoms with Crippen molar-refractivity contribution in [2.24, 2.45) is 17.3 Å². The van der Waals surface area contributed by atoms with Crippen LogP contribution in [0.3, 0.4) is 0 Å². The summed E-state index contributed by atoms with van der Waals surface area (Å²) in [7, 11) is 1.80. The van der Waals surface area contributed by atoms with E-state index >= 15 is 0 Å². The lowest BCUT2D eigenvalue weighted by Gasteiger charge is -2.58. The van der Waals surface area contributed by atoms with Crippen LogP contribution in [0, 0.1) is 17.3 Å². The Balaban J connectivity index is 1.13. The monoisotopic (exact) mass is 434 g/mol. The minimum atomic E-state index is -0.379. The molecule has 1 N–H and O–H groups in total. The number of carbonyl (C=O) groups excluding carboxylic acids is 2. The zero-order valence-corrected chi connectivity index (χ0v) is 18.5. The lowest BCUT2D eigenvalue weighted by molar-refractivity contribution is -0.167. The third-order valence-corrected chi connectivity index (χ3v) is 8.68. The molecule has 2 saturated heterocycles. The minimum absolute atomic E-state index is 0.0658. The van der Waals surface area contributed by atoms with Gasteiger partial charge in [-0.05, 0) is 31.2 Å². The van der Waals surface area contributed by atoms with E-state index in [2.05, 4.69) is 33.8 Å². The number of benzene rings is 1. The highest BCUT2D eigenvalue weighted by Gasteiger charge is 2.58. The Labute approximate surface area is 188 Å². The van der Waals surface area contributed by atoms with Gasteiger partial charge >= 0.3 is 0 Å². The number of nitrogens with zero attached hydrogens (tertiary/aromatic N) is 4. The van der Waals surface area contributed by atoms with Crippen LogP contribution in [0.25, 0.3) is 11.3 Å². The normalized spacial score (nSPS) is 30.8. The summed E-state index contributed by atoms with van der Waals surface area (Å²) in [4.78, 5) is 33.0. The average molecular weight is 435 g/mol. The number of hydrogen-bond donors (Lipinski definition) is 1. The van der Waals surface area contributed by atoms with Crippen molar-refractivity contribution in [2.75, 3.05) is 26.7 Å². The standard InChI is InChI=1S/C25H30N4O3/c1-27-9-6-16(12-21(27)30)24(32)28-10-7-25(8-11-28)13-19(23(25)31)22-18-5-3-2-4-17(18)20-14-26-15-29(20)22/h2-5,14-16,19,22-23,31H,6-13H2,1H3. The van der Waals surface area contributed by atoms with Crippen molar-refractivity contribution in [3.63, 3.8) is 0 Å². The molecule has 32 heavy (non-hydrogen) atoms. The van der Waals surface area contributed by atoms with E-state index in [1.807, 2.05) is 17.4 Å². The van der Waals surface area contributed by atoms with E-state index in [0.29, 0.717) is 26.1 Å². The third-order valence-electron chi connectivity index (χ3n) is 8.68. The van der Waals surface area contributed by atoms with Gasteiger partial charge in [-0.15, -0.1) is 0 Å². The molecule has 6 rings (SSSR count). The van der Waals surface area contributed by atoms with Gasteiger partial charge in [0.1, 0.15) is 0 Å². The van der Waals surface area contributed by atoms with Crippen LogP contribution in [0.4, 0.5) is 0 Å². The van der Waals surface area contributed by atoms with Gasteiger partial charge in [-0.3, -0.25) is 9.59 Å². The van der Waals surface area contributed by atoms with Crippen LogP contribution in [0.15, 0.2) is 36.8 Å². The second-order valence-electron chi connectivity index (χ2n) is 10.2. The van der Waals surface area contributed by atoms with Crippen molar-refractivity contribution in [1.82, 2.24) is 19.4 Å². The predicted molar refractivity (Wildman–Crippen MR) is 119 cm³/mol. The lowest BCUT2D eigenvalue weighted by Crippen LogP contribution is -2.60. The van der Waals surface area contributed by atoms with E-state index in [9.17, 15) is 14.7 Å². The second kappa shape index (κ2) is 7.17. The number of likely N-dealkylation sites (tertiary alicyclic amines) is 2. The molecule has 1 aliphatic carbocycles. The fourth-order valence-electron chi connectivity index (χ4n) is 6.67. The highest BCUT2D eigenvalue weighted by Crippen LogP contribution is 2.59. The Hall–Kier alpha value is -2.67. The summed E-state index contributed by atoms with van der Waals surface area (Å²) in [6.45, 7) is 2.02. The number of carbonyl (C=O) groups is 2. The van der Waals surface area contributed by atoms with Crippen LogP contribution in [-0.4, -0.2) is 69.1 Å². The van der Waals surface area contributed by atoms with E-state index in [1.54, 1.807) is 11.9 Å². The van der Waals surface area contributed by atoms with E-state index < -0.39 is 0 Å². The maximum atomic E-state index is 13.0. The smallest absolute Gasteiger partial charge is 0.226 e. The van der Waals surface area contributed by atoms with E-state index in [1.165, 1.54) is 11.1 Å². The van der Waals surface area contributed by atoms with Crippen molar-refractivity contribution < 1.29 is 14.7 Å². The Morgan fingerprint density at radius 1 is 1.19 bits per heavy atom. The van der Waals surface area contributed by atoms with Crippen molar-refractivity contribution >= 4 is 11.8 Å². The second-order valence-corrected chi connectivity index (χ2v) is 10.2. The van der Waals surface area contributed by atoms with Gasteiger partial charge in [-0.25, -0.2) is 4.98 Å². The number of hydrogen-bond acceptors (Lipinski definition) is 4. The number of aromatic nitrogens is 2. The first-order valence-electron chi connectivity index (χ1n) is 11.8. The first-order valence-corrected chi connectivity index (χ1v) is 11.8. The maximum absolute atomic E-state index is 13.0. The first-order chi connectivity index (χ1) is 15.5. The quantitative estimate of drug-likeness (QED) is 0.787. The van der Waals surface area contributed by atoms with Crippen molar-refractivity contribution in [2.45, 2.75) is 44.2 Å². The molecule has 3 fully saturated rings. The number of fused-ring (bicyclic) bond motifs is 3. The van der Waals surface area contributed by atoms with Crippen LogP contribution in [0.1, 0.15) is 43.7 Å². The number of rotatable bonds is 2. The number of imidazole rings is 1. The summed E-state index contributed by atoms with van der Waals surface area (Å²) < 4.78 is 2.22. The number of piperidine rings is 2. The molecule has 1 aromatic carbocycles. The van der Waals surface area contributed by atoms with Gasteiger partial charge in [-0.1, -0.05) is 24.3 Å². The minimum Gasteiger partial charge on any atom is -0.392 e. The van der Waals surface area contributed by atoms with Crippen LogP contribution in [-0.2, 0) is 9.59 Å². The molecule has 2 aromatic rings. The van der Waals surface area contributed by atoms with Crippen LogP contribution in [0.5, 0.6) is 0 Å². The topological polar surface area (TPSA) is 78.7 Å². The largest absolute Gasteiger partial charge is 0.392 e. The van der Waals surface area contributed by atoms with E-state index in [0.717, 1.165) is 31.4 Å². The molecule has 4 atom stereocenters. The zero-order valence-electron chi connectivity index (χ0n) is 18.5. The van der Waals surface area contributed by atoms with Crippen LogP contribution >= 0.6 is 0 Å². The van der Waals surface area contributed by atoms with E-state index in [-0.39, 0.29) is 41.2 Å². The molecule has 7 nitrogen and oxygen atoms in total. The Morgan fingerprint density at radius 3 is 2.72 bits per heavy atom. The molecule has 3 aliphatic heterocycles. The molecule has 0 bridgehead atoms. The summed E-state index contributed by atoms with van der Waals surface area (Å²) in [5, 5.41) is 11.4. The SMILES string of the molecule is CN1CCC(C(=O)N2CCC3(CC2)CC(C2c4ccccc4-c4cncn42)C3O)CC1=O. The molecule has 1 aromatic heterocycles. The molecule has 168 valence electrons. The van der Waals surface area contributed by atoms with E-state index in [4.69, 9.17) is 0 Å². The van der Waals surface area contributed by atoms with Gasteiger partial charge in [0, 0.05) is 55.9 Å². The lowest BCUT2D eigenvalue weighted by atomic mass is 9.53. The van der Waals surface area contributed by atoms with Gasteiger partial charge in [0.2, 0.25) is 11.8 Å². The fourth-order valence-corrected chi connectivity index (χ4v) is 6.67. The van der Waals surface area contributed by atoms with Crippen LogP contribution in [0.2, 0.25) is 0 Å². The predicted octanol–water partition coefficient (Wildman–Crippen LogP) is 2.31. The van der Waals surface area contributed by atoms with Gasteiger partial charge in [0.05, 0.1) is 30.4 Å². The van der Waals surface area contributed by atoms with Gasteiger partial charge in [0.15, 0.2) is 0 Å². The summed E-state index contributed by atoms with van der Waals surface area (Å²) in [5.74, 6) is 0.178. The molecular weight excluding hydrogens is 404 g/mol. The Morgan fingerprint density at radius 2 is 1.97 bits per heavy atom. The first kappa shape index (κ1) is 20.0. The molecule has 4 heterocycles. The molecule has 4 aliphatic rings. The van der Waals surface area contributed by atoms with Gasteiger partial charge in [0.25, 0.3) is 0 Å². The number of aliphatic hydroxyl groups is 1. The molecule has 7 heteroatoms. The summed E-state index contributed by atoms with van der Waals surface area (Å²) >= 11 is 0. The molecular formula is C25H30N4O3. The average Bonchev–Trinajstić information content (AvgIpc) is 3.40. The molecule has 4 unspecified atom stereocenters. The Bertz CT molecular complexity index is 1070.